The van der Waals surface area contributed by atoms with Crippen molar-refractivity contribution in [2.45, 2.75) is 13.8 Å². The first-order valence-electron chi connectivity index (χ1n) is 9.87. The minimum absolute atomic E-state index is 0.668. The number of fused-ring (bicyclic) bond motifs is 3. The topological polar surface area (TPSA) is 46.5 Å². The number of hydrogen-bond donors (Lipinski definition) is 1. The predicted octanol–water partition coefficient (Wildman–Crippen LogP) is 8.00. The third-order valence-corrected chi connectivity index (χ3v) is 6.17. The van der Waals surface area contributed by atoms with Crippen LogP contribution in [0.3, 0.4) is 0 Å². The normalized spacial score (nSPS) is 11.2. The first kappa shape index (κ1) is 18.7. The largest absolute Gasteiger partial charge is 0.398 e. The molecule has 0 aliphatic heterocycles. The van der Waals surface area contributed by atoms with Crippen LogP contribution in [0.1, 0.15) is 11.1 Å². The second-order valence-corrected chi connectivity index (χ2v) is 8.26. The van der Waals surface area contributed by atoms with Gasteiger partial charge in [-0.2, -0.15) is 0 Å². The zero-order chi connectivity index (χ0) is 20.7. The molecule has 1 heterocycles. The molecule has 4 aromatic carbocycles. The van der Waals surface area contributed by atoms with Gasteiger partial charge in [0.05, 0.1) is 0 Å². The Morgan fingerprint density at radius 2 is 0.967 bits per heavy atom. The van der Waals surface area contributed by atoms with E-state index in [2.05, 4.69) is 26.0 Å². The Kier molecular flexibility index (Phi) is 4.71. The predicted molar refractivity (Wildman–Crippen MR) is 124 cm³/mol. The Morgan fingerprint density at radius 1 is 0.567 bits per heavy atom. The molecule has 0 atom stereocenters. The second-order valence-electron chi connectivity index (χ2n) is 7.42. The van der Waals surface area contributed by atoms with Crippen molar-refractivity contribution >= 4 is 30.2 Å². The van der Waals surface area contributed by atoms with Crippen LogP contribution in [0.15, 0.2) is 93.3 Å². The molecular formula is C26H21O3P. The van der Waals surface area contributed by atoms with E-state index in [1.54, 1.807) is 0 Å². The second kappa shape index (κ2) is 7.53. The van der Waals surface area contributed by atoms with Crippen LogP contribution >= 0.6 is 8.24 Å². The van der Waals surface area contributed by atoms with Gasteiger partial charge in [0.2, 0.25) is 0 Å². The summed E-state index contributed by atoms with van der Waals surface area (Å²) in [5.74, 6) is 0. The summed E-state index contributed by atoms with van der Waals surface area (Å²) in [6.45, 7) is 4.14. The van der Waals surface area contributed by atoms with E-state index in [4.69, 9.17) is 8.39 Å². The number of aryl methyl sites for hydroxylation is 2. The lowest BCUT2D eigenvalue weighted by Gasteiger charge is -2.10. The summed E-state index contributed by atoms with van der Waals surface area (Å²) >= 11 is 0. The summed E-state index contributed by atoms with van der Waals surface area (Å²) in [5.41, 5.74) is 7.46. The summed E-state index contributed by atoms with van der Waals surface area (Å²) in [4.78, 5) is 10.7. The van der Waals surface area contributed by atoms with Gasteiger partial charge in [-0.3, -0.25) is 4.89 Å². The maximum Gasteiger partial charge on any atom is 0.384 e. The van der Waals surface area contributed by atoms with E-state index in [0.717, 1.165) is 44.2 Å². The number of benzene rings is 4. The lowest BCUT2D eigenvalue weighted by Crippen LogP contribution is -1.87. The minimum atomic E-state index is -2.13. The highest BCUT2D eigenvalue weighted by Gasteiger charge is 2.17. The molecule has 0 saturated heterocycles. The monoisotopic (exact) mass is 412 g/mol. The zero-order valence-electron chi connectivity index (χ0n) is 16.8. The Balaban J connectivity index is 2.00. The first-order valence-corrected chi connectivity index (χ1v) is 11.0. The van der Waals surface area contributed by atoms with E-state index in [1.807, 2.05) is 72.8 Å². The summed E-state index contributed by atoms with van der Waals surface area (Å²) in [5, 5.41) is 1.95. The molecule has 0 bridgehead atoms. The van der Waals surface area contributed by atoms with E-state index in [1.165, 1.54) is 0 Å². The van der Waals surface area contributed by atoms with Crippen LogP contribution in [0.4, 0.5) is 0 Å². The molecule has 4 heteroatoms. The SMILES string of the molecule is Cc1ccc(-c2ccccc2)c2op(O)oc3c(-c4ccccc4)ccc(C)c3c12. The third-order valence-electron chi connectivity index (χ3n) is 5.49. The Bertz CT molecular complexity index is 1300. The van der Waals surface area contributed by atoms with Crippen molar-refractivity contribution in [3.8, 4) is 22.3 Å². The molecule has 0 radical (unpaired) electrons. The highest BCUT2D eigenvalue weighted by molar-refractivity contribution is 7.30. The molecular weight excluding hydrogens is 391 g/mol. The third kappa shape index (κ3) is 3.13. The van der Waals surface area contributed by atoms with Crippen LogP contribution in [-0.4, -0.2) is 4.89 Å². The van der Waals surface area contributed by atoms with E-state index in [9.17, 15) is 4.89 Å². The number of hydrogen-bond acceptors (Lipinski definition) is 3. The van der Waals surface area contributed by atoms with Crippen LogP contribution < -0.4 is 0 Å². The fourth-order valence-electron chi connectivity index (χ4n) is 4.04. The Labute approximate surface area is 175 Å². The van der Waals surface area contributed by atoms with Gasteiger partial charge in [-0.25, -0.2) is 0 Å². The highest BCUT2D eigenvalue weighted by Crippen LogP contribution is 2.42. The van der Waals surface area contributed by atoms with E-state index in [-0.39, 0.29) is 0 Å². The molecule has 1 aromatic heterocycles. The van der Waals surface area contributed by atoms with Gasteiger partial charge in [-0.05, 0) is 36.1 Å². The van der Waals surface area contributed by atoms with E-state index >= 15 is 0 Å². The van der Waals surface area contributed by atoms with Gasteiger partial charge < -0.3 is 8.39 Å². The molecule has 0 amide bonds. The molecule has 148 valence electrons. The van der Waals surface area contributed by atoms with Gasteiger partial charge in [0, 0.05) is 21.9 Å². The smallest absolute Gasteiger partial charge is 0.384 e. The fourth-order valence-corrected chi connectivity index (χ4v) is 4.77. The van der Waals surface area contributed by atoms with Gasteiger partial charge in [-0.15, -0.1) is 0 Å². The molecule has 1 N–H and O–H groups in total. The van der Waals surface area contributed by atoms with Crippen LogP contribution in [0.25, 0.3) is 44.2 Å². The molecule has 0 spiro atoms. The van der Waals surface area contributed by atoms with Crippen molar-refractivity contribution < 1.29 is 13.3 Å². The van der Waals surface area contributed by atoms with Crippen LogP contribution in [0.2, 0.25) is 0 Å². The Hall–Kier alpha value is -3.26. The van der Waals surface area contributed by atoms with Crippen molar-refractivity contribution in [3.05, 3.63) is 96.1 Å². The van der Waals surface area contributed by atoms with Crippen molar-refractivity contribution in [1.82, 2.24) is 0 Å². The quantitative estimate of drug-likeness (QED) is 0.319. The van der Waals surface area contributed by atoms with Crippen molar-refractivity contribution in [1.29, 1.82) is 0 Å². The summed E-state index contributed by atoms with van der Waals surface area (Å²) in [7, 11) is -2.13. The lowest BCUT2D eigenvalue weighted by atomic mass is 9.94. The molecule has 0 fully saturated rings. The molecule has 5 rings (SSSR count). The highest BCUT2D eigenvalue weighted by atomic mass is 31.1. The van der Waals surface area contributed by atoms with Gasteiger partial charge in [-0.1, -0.05) is 84.9 Å². The Morgan fingerprint density at radius 3 is 1.37 bits per heavy atom. The lowest BCUT2D eigenvalue weighted by molar-refractivity contribution is 0.496. The molecule has 0 aliphatic carbocycles. The molecule has 3 nitrogen and oxygen atoms in total. The first-order chi connectivity index (χ1) is 14.6. The summed E-state index contributed by atoms with van der Waals surface area (Å²) in [6.07, 6.45) is 0. The molecule has 30 heavy (non-hydrogen) atoms. The van der Waals surface area contributed by atoms with Crippen LogP contribution in [0, 0.1) is 13.8 Å². The van der Waals surface area contributed by atoms with Crippen LogP contribution in [0.5, 0.6) is 0 Å². The van der Waals surface area contributed by atoms with Crippen molar-refractivity contribution in [2.24, 2.45) is 0 Å². The van der Waals surface area contributed by atoms with Crippen LogP contribution in [-0.2, 0) is 0 Å². The van der Waals surface area contributed by atoms with E-state index < -0.39 is 8.24 Å². The van der Waals surface area contributed by atoms with Gasteiger partial charge in [0.15, 0.2) is 11.2 Å². The maximum atomic E-state index is 10.7. The average molecular weight is 412 g/mol. The standard InChI is InChI=1S/C26H21O3P/c1-17-13-15-21(19-9-5-3-6-10-19)25-23(17)24-18(2)14-16-22(20-11-7-4-8-12-20)26(24)29-30(27)28-25/h3-16,27H,1-2H3. The average Bonchev–Trinajstić information content (AvgIpc) is 2.92. The fraction of sp³-hybridized carbons (Fsp3) is 0.0769. The van der Waals surface area contributed by atoms with Gasteiger partial charge in [0.1, 0.15) is 0 Å². The zero-order valence-corrected chi connectivity index (χ0v) is 17.7. The molecule has 0 saturated carbocycles. The van der Waals surface area contributed by atoms with Crippen molar-refractivity contribution in [2.75, 3.05) is 0 Å². The van der Waals surface area contributed by atoms with Gasteiger partial charge in [0.25, 0.3) is 0 Å². The minimum Gasteiger partial charge on any atom is -0.398 e. The molecule has 0 aliphatic rings. The summed E-state index contributed by atoms with van der Waals surface area (Å²) in [6, 6.07) is 28.5. The molecule has 0 unspecified atom stereocenters. The molecule has 5 aromatic rings. The van der Waals surface area contributed by atoms with E-state index in [0.29, 0.717) is 11.2 Å². The van der Waals surface area contributed by atoms with Crippen molar-refractivity contribution in [3.63, 3.8) is 0 Å². The van der Waals surface area contributed by atoms with Gasteiger partial charge >= 0.3 is 8.24 Å². The maximum absolute atomic E-state index is 10.7. The number of rotatable bonds is 2. The summed E-state index contributed by atoms with van der Waals surface area (Å²) < 4.78 is 12.1.